The van der Waals surface area contributed by atoms with Crippen molar-refractivity contribution in [1.82, 2.24) is 14.8 Å². The molecule has 4 rings (SSSR count). The van der Waals surface area contributed by atoms with Crippen LogP contribution in [0.4, 0.5) is 11.6 Å². The standard InChI is InChI=1S/C22H31N5OS/c1-14-9-11-26(12-10-14)21-24-25-22(27(21)18-7-8-18)29-17(4)20(28)23-19-13-15(2)5-6-16(19)3/h5-6,13-14,17-18H,7-12H2,1-4H3,(H,23,28). The molecule has 0 bridgehead atoms. The third-order valence-electron chi connectivity index (χ3n) is 5.93. The zero-order valence-corrected chi connectivity index (χ0v) is 18.6. The molecule has 1 unspecified atom stereocenters. The van der Waals surface area contributed by atoms with Crippen LogP contribution in [-0.4, -0.2) is 39.0 Å². The molecule has 0 radical (unpaired) electrons. The van der Waals surface area contributed by atoms with Crippen molar-refractivity contribution in [1.29, 1.82) is 0 Å². The molecule has 1 N–H and O–H groups in total. The summed E-state index contributed by atoms with van der Waals surface area (Å²) in [6.07, 6.45) is 4.75. The number of carbonyl (C=O) groups excluding carboxylic acids is 1. The largest absolute Gasteiger partial charge is 0.341 e. The molecule has 1 amide bonds. The number of anilines is 2. The molecular formula is C22H31N5OS. The first-order valence-corrected chi connectivity index (χ1v) is 11.5. The van der Waals surface area contributed by atoms with E-state index in [2.05, 4.69) is 38.0 Å². The molecule has 7 heteroatoms. The van der Waals surface area contributed by atoms with Crippen LogP contribution in [0.15, 0.2) is 23.4 Å². The highest BCUT2D eigenvalue weighted by Gasteiger charge is 2.33. The maximum atomic E-state index is 12.8. The molecule has 1 atom stereocenters. The molecule has 1 aliphatic carbocycles. The summed E-state index contributed by atoms with van der Waals surface area (Å²) < 4.78 is 2.28. The minimum atomic E-state index is -0.245. The molecule has 2 fully saturated rings. The summed E-state index contributed by atoms with van der Waals surface area (Å²) in [5.74, 6) is 1.78. The van der Waals surface area contributed by atoms with Crippen LogP contribution >= 0.6 is 11.8 Å². The zero-order valence-electron chi connectivity index (χ0n) is 17.8. The minimum absolute atomic E-state index is 0.00222. The van der Waals surface area contributed by atoms with E-state index in [0.29, 0.717) is 6.04 Å². The number of benzene rings is 1. The number of carbonyl (C=O) groups is 1. The molecule has 2 aromatic rings. The molecular weight excluding hydrogens is 382 g/mol. The second-order valence-electron chi connectivity index (χ2n) is 8.62. The predicted molar refractivity (Wildman–Crippen MR) is 119 cm³/mol. The molecule has 2 aliphatic rings. The van der Waals surface area contributed by atoms with Crippen LogP contribution in [0.2, 0.25) is 0 Å². The molecule has 1 aromatic carbocycles. The number of amides is 1. The number of hydrogen-bond donors (Lipinski definition) is 1. The van der Waals surface area contributed by atoms with Crippen molar-refractivity contribution in [2.75, 3.05) is 23.3 Å². The predicted octanol–water partition coefficient (Wildman–Crippen LogP) is 4.59. The van der Waals surface area contributed by atoms with Crippen molar-refractivity contribution in [3.05, 3.63) is 29.3 Å². The fraction of sp³-hybridized carbons (Fsp3) is 0.591. The van der Waals surface area contributed by atoms with Gasteiger partial charge >= 0.3 is 0 Å². The average Bonchev–Trinajstić information content (AvgIpc) is 3.45. The Hall–Kier alpha value is -2.02. The van der Waals surface area contributed by atoms with Crippen molar-refractivity contribution in [2.45, 2.75) is 69.8 Å². The van der Waals surface area contributed by atoms with Crippen LogP contribution in [0, 0.1) is 19.8 Å². The monoisotopic (exact) mass is 413 g/mol. The van der Waals surface area contributed by atoms with E-state index in [1.54, 1.807) is 0 Å². The van der Waals surface area contributed by atoms with Gasteiger partial charge in [0.25, 0.3) is 0 Å². The van der Waals surface area contributed by atoms with Crippen molar-refractivity contribution >= 4 is 29.3 Å². The lowest BCUT2D eigenvalue weighted by atomic mass is 10.00. The summed E-state index contributed by atoms with van der Waals surface area (Å²) >= 11 is 1.51. The van der Waals surface area contributed by atoms with E-state index in [1.165, 1.54) is 37.4 Å². The lowest BCUT2D eigenvalue weighted by Gasteiger charge is -2.31. The van der Waals surface area contributed by atoms with E-state index >= 15 is 0 Å². The van der Waals surface area contributed by atoms with Crippen molar-refractivity contribution in [3.8, 4) is 0 Å². The maximum absolute atomic E-state index is 12.8. The maximum Gasteiger partial charge on any atom is 0.237 e. The van der Waals surface area contributed by atoms with Gasteiger partial charge in [-0.05, 0) is 69.6 Å². The van der Waals surface area contributed by atoms with Gasteiger partial charge in [-0.3, -0.25) is 9.36 Å². The van der Waals surface area contributed by atoms with Gasteiger partial charge in [0.2, 0.25) is 11.9 Å². The Morgan fingerprint density at radius 2 is 1.90 bits per heavy atom. The van der Waals surface area contributed by atoms with Gasteiger partial charge in [-0.15, -0.1) is 10.2 Å². The van der Waals surface area contributed by atoms with Gasteiger partial charge in [0, 0.05) is 24.8 Å². The summed E-state index contributed by atoms with van der Waals surface area (Å²) in [4.78, 5) is 15.2. The number of nitrogens with zero attached hydrogens (tertiary/aromatic N) is 4. The second-order valence-corrected chi connectivity index (χ2v) is 9.93. The second kappa shape index (κ2) is 8.38. The van der Waals surface area contributed by atoms with Crippen molar-refractivity contribution in [2.24, 2.45) is 5.92 Å². The first-order valence-electron chi connectivity index (χ1n) is 10.7. The highest BCUT2D eigenvalue weighted by molar-refractivity contribution is 8.00. The Labute approximate surface area is 177 Å². The fourth-order valence-corrected chi connectivity index (χ4v) is 4.66. The molecule has 29 heavy (non-hydrogen) atoms. The van der Waals surface area contributed by atoms with Gasteiger partial charge in [0.1, 0.15) is 0 Å². The smallest absolute Gasteiger partial charge is 0.237 e. The number of aryl methyl sites for hydroxylation is 2. The quantitative estimate of drug-likeness (QED) is 0.702. The van der Waals surface area contributed by atoms with Crippen LogP contribution in [0.25, 0.3) is 0 Å². The normalized spacial score (nSPS) is 18.7. The summed E-state index contributed by atoms with van der Waals surface area (Å²) in [6.45, 7) is 10.4. The van der Waals surface area contributed by atoms with Gasteiger partial charge in [0.15, 0.2) is 5.16 Å². The first-order chi connectivity index (χ1) is 13.9. The number of rotatable bonds is 6. The Morgan fingerprint density at radius 3 is 2.59 bits per heavy atom. The van der Waals surface area contributed by atoms with Gasteiger partial charge in [-0.1, -0.05) is 30.8 Å². The summed E-state index contributed by atoms with van der Waals surface area (Å²) in [5.41, 5.74) is 3.10. The fourth-order valence-electron chi connectivity index (χ4n) is 3.74. The first kappa shape index (κ1) is 20.3. The third-order valence-corrected chi connectivity index (χ3v) is 6.98. The Bertz CT molecular complexity index is 883. The lowest BCUT2D eigenvalue weighted by molar-refractivity contribution is -0.115. The molecule has 0 spiro atoms. The van der Waals surface area contributed by atoms with E-state index in [4.69, 9.17) is 0 Å². The Balaban J connectivity index is 1.47. The Morgan fingerprint density at radius 1 is 1.17 bits per heavy atom. The molecule has 1 saturated carbocycles. The number of hydrogen-bond acceptors (Lipinski definition) is 5. The van der Waals surface area contributed by atoms with Crippen molar-refractivity contribution in [3.63, 3.8) is 0 Å². The lowest BCUT2D eigenvalue weighted by Crippen LogP contribution is -2.34. The van der Waals surface area contributed by atoms with Gasteiger partial charge in [-0.2, -0.15) is 0 Å². The summed E-state index contributed by atoms with van der Waals surface area (Å²) in [5, 5.41) is 12.7. The minimum Gasteiger partial charge on any atom is -0.341 e. The van der Waals surface area contributed by atoms with Gasteiger partial charge < -0.3 is 10.2 Å². The molecule has 6 nitrogen and oxygen atoms in total. The number of aromatic nitrogens is 3. The van der Waals surface area contributed by atoms with Crippen LogP contribution in [0.1, 0.15) is 56.7 Å². The van der Waals surface area contributed by atoms with Crippen LogP contribution in [-0.2, 0) is 4.79 Å². The topological polar surface area (TPSA) is 63.1 Å². The van der Waals surface area contributed by atoms with E-state index in [0.717, 1.165) is 46.9 Å². The summed E-state index contributed by atoms with van der Waals surface area (Å²) in [7, 11) is 0. The zero-order chi connectivity index (χ0) is 20.5. The van der Waals surface area contributed by atoms with Gasteiger partial charge in [0.05, 0.1) is 5.25 Å². The van der Waals surface area contributed by atoms with Crippen molar-refractivity contribution < 1.29 is 4.79 Å². The van der Waals surface area contributed by atoms with E-state index in [1.807, 2.05) is 32.9 Å². The number of nitrogens with one attached hydrogen (secondary N) is 1. The van der Waals surface area contributed by atoms with E-state index in [-0.39, 0.29) is 11.2 Å². The highest BCUT2D eigenvalue weighted by Crippen LogP contribution is 2.42. The Kier molecular flexibility index (Phi) is 5.86. The number of thioether (sulfide) groups is 1. The molecule has 1 aliphatic heterocycles. The third kappa shape index (κ3) is 4.60. The van der Waals surface area contributed by atoms with Crippen LogP contribution < -0.4 is 10.2 Å². The molecule has 1 aromatic heterocycles. The van der Waals surface area contributed by atoms with E-state index < -0.39 is 0 Å². The van der Waals surface area contributed by atoms with Crippen LogP contribution in [0.3, 0.4) is 0 Å². The van der Waals surface area contributed by atoms with E-state index in [9.17, 15) is 4.79 Å². The molecule has 1 saturated heterocycles. The van der Waals surface area contributed by atoms with Crippen LogP contribution in [0.5, 0.6) is 0 Å². The highest BCUT2D eigenvalue weighted by atomic mass is 32.2. The average molecular weight is 414 g/mol. The molecule has 2 heterocycles. The number of piperidine rings is 1. The van der Waals surface area contributed by atoms with Gasteiger partial charge in [-0.25, -0.2) is 0 Å². The SMILES string of the molecule is Cc1ccc(C)c(NC(=O)C(C)Sc2nnc(N3CCC(C)CC3)n2C2CC2)c1. The molecule has 156 valence electrons. The summed E-state index contributed by atoms with van der Waals surface area (Å²) in [6, 6.07) is 6.60.